The Balaban J connectivity index is 2.11. The van der Waals surface area contributed by atoms with Crippen LogP contribution in [0.2, 0.25) is 5.02 Å². The van der Waals surface area contributed by atoms with E-state index in [4.69, 9.17) is 21.1 Å². The zero-order valence-corrected chi connectivity index (χ0v) is 15.4. The number of rotatable bonds is 7. The molecule has 0 fully saturated rings. The summed E-state index contributed by atoms with van der Waals surface area (Å²) in [6.45, 7) is 1.76. The van der Waals surface area contributed by atoms with E-state index >= 15 is 0 Å². The lowest BCUT2D eigenvalue weighted by atomic mass is 10.00. The predicted octanol–water partition coefficient (Wildman–Crippen LogP) is 4.08. The molecule has 0 spiro atoms. The number of carbonyl (C=O) groups excluding carboxylic acids is 1. The van der Waals surface area contributed by atoms with Gasteiger partial charge in [0, 0.05) is 18.1 Å². The van der Waals surface area contributed by atoms with E-state index in [1.807, 2.05) is 12.1 Å². The van der Waals surface area contributed by atoms with Gasteiger partial charge in [-0.2, -0.15) is 0 Å². The van der Waals surface area contributed by atoms with Gasteiger partial charge < -0.3 is 14.8 Å². The molecule has 0 aliphatic heterocycles. The minimum Gasteiger partial charge on any atom is -0.493 e. The molecule has 0 saturated heterocycles. The molecule has 0 aromatic heterocycles. The van der Waals surface area contributed by atoms with Crippen LogP contribution in [0.5, 0.6) is 11.5 Å². The van der Waals surface area contributed by atoms with Crippen LogP contribution < -0.4 is 14.8 Å². The first-order valence-electron chi connectivity index (χ1n) is 7.81. The molecule has 2 rings (SSSR count). The van der Waals surface area contributed by atoms with Crippen molar-refractivity contribution in [1.82, 2.24) is 0 Å². The number of hydrogen-bond acceptors (Lipinski definition) is 5. The van der Waals surface area contributed by atoms with E-state index in [9.17, 15) is 14.9 Å². The molecule has 0 radical (unpaired) electrons. The molecule has 8 heteroatoms. The second kappa shape index (κ2) is 8.53. The summed E-state index contributed by atoms with van der Waals surface area (Å²) < 4.78 is 10.5. The Kier molecular flexibility index (Phi) is 6.41. The predicted molar refractivity (Wildman–Crippen MR) is 99.2 cm³/mol. The number of nitrogens with one attached hydrogen (secondary N) is 1. The van der Waals surface area contributed by atoms with Crippen LogP contribution in [0.25, 0.3) is 0 Å². The molecule has 1 atom stereocenters. The van der Waals surface area contributed by atoms with E-state index < -0.39 is 4.92 Å². The van der Waals surface area contributed by atoms with Crippen molar-refractivity contribution in [2.45, 2.75) is 13.3 Å². The summed E-state index contributed by atoms with van der Waals surface area (Å²) in [4.78, 5) is 22.8. The van der Waals surface area contributed by atoms with Gasteiger partial charge in [-0.15, -0.1) is 0 Å². The van der Waals surface area contributed by atoms with Crippen LogP contribution >= 0.6 is 11.6 Å². The lowest BCUT2D eigenvalue weighted by Gasteiger charge is -2.14. The van der Waals surface area contributed by atoms with Gasteiger partial charge in [-0.3, -0.25) is 14.9 Å². The summed E-state index contributed by atoms with van der Waals surface area (Å²) in [6, 6.07) is 9.34. The molecule has 0 saturated carbocycles. The molecule has 7 nitrogen and oxygen atoms in total. The Morgan fingerprint density at radius 3 is 2.50 bits per heavy atom. The SMILES string of the molecule is COc1ccc(CC(C)C(=O)Nc2cc([N+](=O)[O-])ccc2Cl)cc1OC. The number of methoxy groups -OCH3 is 2. The standard InChI is InChI=1S/C18H19ClN2O5/c1-11(8-12-4-7-16(25-2)17(9-12)26-3)18(22)20-15-10-13(21(23)24)5-6-14(15)19/h4-7,9-11H,8H2,1-3H3,(H,20,22). The van der Waals surface area contributed by atoms with E-state index in [1.165, 1.54) is 18.2 Å². The fourth-order valence-electron chi connectivity index (χ4n) is 2.43. The first-order valence-corrected chi connectivity index (χ1v) is 8.19. The molecule has 1 N–H and O–H groups in total. The van der Waals surface area contributed by atoms with Crippen molar-refractivity contribution in [1.29, 1.82) is 0 Å². The van der Waals surface area contributed by atoms with Crippen molar-refractivity contribution in [3.05, 3.63) is 57.1 Å². The molecule has 0 aliphatic carbocycles. The van der Waals surface area contributed by atoms with Gasteiger partial charge in [0.25, 0.3) is 5.69 Å². The van der Waals surface area contributed by atoms with Crippen molar-refractivity contribution >= 4 is 28.9 Å². The Hall–Kier alpha value is -2.80. The smallest absolute Gasteiger partial charge is 0.271 e. The number of halogens is 1. The molecular formula is C18H19ClN2O5. The molecule has 2 aromatic carbocycles. The second-order valence-electron chi connectivity index (χ2n) is 5.71. The zero-order chi connectivity index (χ0) is 19.3. The number of carbonyl (C=O) groups is 1. The Bertz CT molecular complexity index is 825. The van der Waals surface area contributed by atoms with Crippen molar-refractivity contribution in [3.8, 4) is 11.5 Å². The zero-order valence-electron chi connectivity index (χ0n) is 14.6. The highest BCUT2D eigenvalue weighted by molar-refractivity contribution is 6.33. The van der Waals surface area contributed by atoms with Gasteiger partial charge in [0.2, 0.25) is 5.91 Å². The highest BCUT2D eigenvalue weighted by atomic mass is 35.5. The molecule has 0 aliphatic rings. The first kappa shape index (κ1) is 19.5. The van der Waals surface area contributed by atoms with Gasteiger partial charge in [0.1, 0.15) is 0 Å². The van der Waals surface area contributed by atoms with Crippen molar-refractivity contribution in [2.75, 3.05) is 19.5 Å². The van der Waals surface area contributed by atoms with Gasteiger partial charge in [0.15, 0.2) is 11.5 Å². The third kappa shape index (κ3) is 4.64. The number of hydrogen-bond donors (Lipinski definition) is 1. The van der Waals surface area contributed by atoms with Gasteiger partial charge >= 0.3 is 0 Å². The van der Waals surface area contributed by atoms with Crippen molar-refractivity contribution in [3.63, 3.8) is 0 Å². The third-order valence-electron chi connectivity index (χ3n) is 3.86. The molecule has 26 heavy (non-hydrogen) atoms. The summed E-state index contributed by atoms with van der Waals surface area (Å²) >= 11 is 6.02. The maximum absolute atomic E-state index is 12.4. The van der Waals surface area contributed by atoms with Crippen LogP contribution in [0, 0.1) is 16.0 Å². The van der Waals surface area contributed by atoms with Gasteiger partial charge in [-0.05, 0) is 30.2 Å². The van der Waals surface area contributed by atoms with E-state index in [0.717, 1.165) is 5.56 Å². The lowest BCUT2D eigenvalue weighted by Crippen LogP contribution is -2.22. The number of ether oxygens (including phenoxy) is 2. The minimum absolute atomic E-state index is 0.141. The summed E-state index contributed by atoms with van der Waals surface area (Å²) in [5.74, 6) is 0.515. The monoisotopic (exact) mass is 378 g/mol. The summed E-state index contributed by atoms with van der Waals surface area (Å²) in [5.41, 5.74) is 0.970. The fourth-order valence-corrected chi connectivity index (χ4v) is 2.60. The maximum atomic E-state index is 12.4. The molecular weight excluding hydrogens is 360 g/mol. The van der Waals surface area contributed by atoms with E-state index in [-0.39, 0.29) is 28.2 Å². The fraction of sp³-hybridized carbons (Fsp3) is 0.278. The second-order valence-corrected chi connectivity index (χ2v) is 6.11. The van der Waals surface area contributed by atoms with Crippen LogP contribution in [0.4, 0.5) is 11.4 Å². The quantitative estimate of drug-likeness (QED) is 0.579. The van der Waals surface area contributed by atoms with E-state index in [2.05, 4.69) is 5.32 Å². The van der Waals surface area contributed by atoms with Crippen LogP contribution in [0.15, 0.2) is 36.4 Å². The lowest BCUT2D eigenvalue weighted by molar-refractivity contribution is -0.384. The average Bonchev–Trinajstić information content (AvgIpc) is 2.62. The number of non-ortho nitro benzene ring substituents is 1. The average molecular weight is 379 g/mol. The Morgan fingerprint density at radius 2 is 1.88 bits per heavy atom. The first-order chi connectivity index (χ1) is 12.3. The van der Waals surface area contributed by atoms with Crippen LogP contribution in [-0.2, 0) is 11.2 Å². The van der Waals surface area contributed by atoms with Crippen LogP contribution in [0.1, 0.15) is 12.5 Å². The highest BCUT2D eigenvalue weighted by Crippen LogP contribution is 2.30. The van der Waals surface area contributed by atoms with Gasteiger partial charge in [0.05, 0.1) is 29.9 Å². The molecule has 2 aromatic rings. The largest absolute Gasteiger partial charge is 0.493 e. The molecule has 1 amide bonds. The third-order valence-corrected chi connectivity index (χ3v) is 4.19. The Morgan fingerprint density at radius 1 is 1.19 bits per heavy atom. The molecule has 0 bridgehead atoms. The molecule has 138 valence electrons. The summed E-state index contributed by atoms with van der Waals surface area (Å²) in [7, 11) is 3.10. The van der Waals surface area contributed by atoms with Gasteiger partial charge in [-0.25, -0.2) is 0 Å². The number of nitrogens with zero attached hydrogens (tertiary/aromatic N) is 1. The van der Waals surface area contributed by atoms with Crippen molar-refractivity contribution < 1.29 is 19.2 Å². The van der Waals surface area contributed by atoms with Crippen LogP contribution in [0.3, 0.4) is 0 Å². The Labute approximate surface area is 156 Å². The number of nitro benzene ring substituents is 1. The normalized spacial score (nSPS) is 11.5. The van der Waals surface area contributed by atoms with E-state index in [0.29, 0.717) is 17.9 Å². The summed E-state index contributed by atoms with van der Waals surface area (Å²) in [5, 5.41) is 13.7. The van der Waals surface area contributed by atoms with E-state index in [1.54, 1.807) is 27.2 Å². The number of amides is 1. The summed E-state index contributed by atoms with van der Waals surface area (Å²) in [6.07, 6.45) is 0.457. The number of anilines is 1. The maximum Gasteiger partial charge on any atom is 0.271 e. The topological polar surface area (TPSA) is 90.7 Å². The van der Waals surface area contributed by atoms with Gasteiger partial charge in [-0.1, -0.05) is 24.6 Å². The number of benzene rings is 2. The highest BCUT2D eigenvalue weighted by Gasteiger charge is 2.18. The van der Waals surface area contributed by atoms with Crippen molar-refractivity contribution in [2.24, 2.45) is 5.92 Å². The van der Waals surface area contributed by atoms with Crippen LogP contribution in [-0.4, -0.2) is 25.1 Å². The minimum atomic E-state index is -0.543. The molecule has 0 heterocycles. The molecule has 1 unspecified atom stereocenters. The number of nitro groups is 1.